The Morgan fingerprint density at radius 2 is 1.69 bits per heavy atom. The molecule has 0 spiro atoms. The van der Waals surface area contributed by atoms with Gasteiger partial charge < -0.3 is 14.7 Å². The van der Waals surface area contributed by atoms with E-state index in [1.54, 1.807) is 12.1 Å². The fourth-order valence-electron chi connectivity index (χ4n) is 5.50. The van der Waals surface area contributed by atoms with E-state index in [2.05, 4.69) is 54.7 Å². The van der Waals surface area contributed by atoms with E-state index in [0.717, 1.165) is 74.4 Å². The number of carboxylic acid groups (broad SMARTS) is 1. The summed E-state index contributed by atoms with van der Waals surface area (Å²) in [4.78, 5) is 25.2. The molecule has 0 atom stereocenters. The van der Waals surface area contributed by atoms with Gasteiger partial charge in [-0.25, -0.2) is 14.8 Å². The maximum Gasteiger partial charge on any atom is 0.336 e. The number of carboxylic acids is 1. The number of aromatic amines is 1. The molecule has 0 aliphatic carbocycles. The quantitative estimate of drug-likeness (QED) is 0.234. The average Bonchev–Trinajstić information content (AvgIpc) is 3.51. The van der Waals surface area contributed by atoms with Crippen LogP contribution in [0.2, 0.25) is 0 Å². The van der Waals surface area contributed by atoms with Crippen molar-refractivity contribution in [2.24, 2.45) is 7.05 Å². The van der Waals surface area contributed by atoms with Crippen molar-refractivity contribution < 1.29 is 9.90 Å². The number of H-pyrrole nitrogens is 1. The number of rotatable bonds is 7. The highest BCUT2D eigenvalue weighted by Crippen LogP contribution is 2.35. The number of nitrogens with one attached hydrogen (secondary N) is 1. The van der Waals surface area contributed by atoms with Crippen LogP contribution in [0.15, 0.2) is 78.9 Å². The maximum absolute atomic E-state index is 11.7. The van der Waals surface area contributed by atoms with Crippen LogP contribution in [0.1, 0.15) is 46.2 Å². The van der Waals surface area contributed by atoms with E-state index in [-0.39, 0.29) is 0 Å². The van der Waals surface area contributed by atoms with Crippen LogP contribution in [0.3, 0.4) is 0 Å². The second-order valence-corrected chi connectivity index (χ2v) is 10.1. The van der Waals surface area contributed by atoms with Crippen molar-refractivity contribution in [3.63, 3.8) is 0 Å². The lowest BCUT2D eigenvalue weighted by Crippen LogP contribution is -2.02. The zero-order valence-corrected chi connectivity index (χ0v) is 22.3. The van der Waals surface area contributed by atoms with Gasteiger partial charge in [-0.15, -0.1) is 0 Å². The van der Waals surface area contributed by atoms with Crippen molar-refractivity contribution in [1.29, 1.82) is 0 Å². The molecular formula is C33H30N4O2. The molecule has 0 aliphatic heterocycles. The largest absolute Gasteiger partial charge is 0.478 e. The molecule has 2 heterocycles. The number of hydrogen-bond donors (Lipinski definition) is 2. The van der Waals surface area contributed by atoms with E-state index >= 15 is 0 Å². The predicted molar refractivity (Wildman–Crippen MR) is 156 cm³/mol. The molecule has 6 heteroatoms. The van der Waals surface area contributed by atoms with Gasteiger partial charge in [-0.05, 0) is 71.8 Å². The van der Waals surface area contributed by atoms with Crippen molar-refractivity contribution in [1.82, 2.24) is 19.5 Å². The third kappa shape index (κ3) is 4.38. The highest BCUT2D eigenvalue weighted by atomic mass is 16.4. The lowest BCUT2D eigenvalue weighted by atomic mass is 9.92. The fraction of sp³-hybridized carbons (Fsp3) is 0.182. The number of aromatic nitrogens is 4. The highest BCUT2D eigenvalue weighted by molar-refractivity contribution is 5.96. The van der Waals surface area contributed by atoms with Crippen LogP contribution in [0.5, 0.6) is 0 Å². The number of carbonyl (C=O) groups is 1. The van der Waals surface area contributed by atoms with Gasteiger partial charge in [-0.2, -0.15) is 0 Å². The Balaban J connectivity index is 1.47. The van der Waals surface area contributed by atoms with Gasteiger partial charge in [-0.3, -0.25) is 0 Å². The molecule has 194 valence electrons. The first kappa shape index (κ1) is 24.6. The summed E-state index contributed by atoms with van der Waals surface area (Å²) in [7, 11) is 2.07. The summed E-state index contributed by atoms with van der Waals surface area (Å²) in [6.07, 6.45) is 2.64. The van der Waals surface area contributed by atoms with Gasteiger partial charge in [0, 0.05) is 19.0 Å². The number of benzene rings is 4. The number of nitrogens with zero attached hydrogens (tertiary/aromatic N) is 3. The number of aromatic carboxylic acids is 1. The van der Waals surface area contributed by atoms with Crippen LogP contribution < -0.4 is 0 Å². The molecule has 39 heavy (non-hydrogen) atoms. The van der Waals surface area contributed by atoms with Crippen molar-refractivity contribution in [3.05, 3.63) is 107 Å². The monoisotopic (exact) mass is 514 g/mol. The minimum Gasteiger partial charge on any atom is -0.478 e. The summed E-state index contributed by atoms with van der Waals surface area (Å²) in [5.74, 6) is 1.01. The molecule has 0 saturated carbocycles. The van der Waals surface area contributed by atoms with E-state index < -0.39 is 5.97 Å². The van der Waals surface area contributed by atoms with E-state index in [0.29, 0.717) is 12.0 Å². The summed E-state index contributed by atoms with van der Waals surface area (Å²) in [5, 5.41) is 9.63. The van der Waals surface area contributed by atoms with E-state index in [9.17, 15) is 9.90 Å². The summed E-state index contributed by atoms with van der Waals surface area (Å²) < 4.78 is 2.16. The topological polar surface area (TPSA) is 83.8 Å². The lowest BCUT2D eigenvalue weighted by molar-refractivity contribution is 0.0697. The number of fused-ring (bicyclic) bond motifs is 2. The van der Waals surface area contributed by atoms with Crippen LogP contribution >= 0.6 is 0 Å². The molecule has 4 aromatic carbocycles. The Kier molecular flexibility index (Phi) is 6.23. The third-order valence-corrected chi connectivity index (χ3v) is 7.52. The van der Waals surface area contributed by atoms with Gasteiger partial charge in [-0.1, -0.05) is 61.5 Å². The molecule has 0 amide bonds. The van der Waals surface area contributed by atoms with Crippen molar-refractivity contribution in [3.8, 4) is 22.5 Å². The molecule has 6 aromatic rings. The van der Waals surface area contributed by atoms with Gasteiger partial charge in [0.2, 0.25) is 0 Å². The standard InChI is InChI=1S/C33H30N4O2/c1-4-9-30-34-28-19-26(32-35-27-12-7-8-13-29(27)37(32)3)25(20(2)31(28)36-30)18-21-14-16-22(17-15-21)23-10-5-6-11-24(23)33(38)39/h5-8,10-17,19H,4,9,18H2,1-3H3,(H,34,36)(H,38,39). The predicted octanol–water partition coefficient (Wildman–Crippen LogP) is 7.33. The van der Waals surface area contributed by atoms with Crippen molar-refractivity contribution in [2.75, 3.05) is 0 Å². The van der Waals surface area contributed by atoms with Gasteiger partial charge in [0.05, 0.1) is 27.6 Å². The van der Waals surface area contributed by atoms with Gasteiger partial charge >= 0.3 is 5.97 Å². The van der Waals surface area contributed by atoms with Gasteiger partial charge in [0.15, 0.2) is 0 Å². The summed E-state index contributed by atoms with van der Waals surface area (Å²) in [6.45, 7) is 4.31. The second kappa shape index (κ2) is 9.87. The molecule has 0 saturated heterocycles. The Morgan fingerprint density at radius 1 is 0.949 bits per heavy atom. The summed E-state index contributed by atoms with van der Waals surface area (Å²) >= 11 is 0. The minimum absolute atomic E-state index is 0.303. The summed E-state index contributed by atoms with van der Waals surface area (Å²) in [5.41, 5.74) is 10.6. The highest BCUT2D eigenvalue weighted by Gasteiger charge is 2.20. The molecule has 0 unspecified atom stereocenters. The van der Waals surface area contributed by atoms with Gasteiger partial charge in [0.1, 0.15) is 11.6 Å². The van der Waals surface area contributed by atoms with E-state index in [4.69, 9.17) is 9.97 Å². The molecule has 6 rings (SSSR count). The lowest BCUT2D eigenvalue weighted by Gasteiger charge is -2.15. The molecule has 2 aromatic heterocycles. The molecule has 6 nitrogen and oxygen atoms in total. The Morgan fingerprint density at radius 3 is 2.44 bits per heavy atom. The Labute approximate surface area is 227 Å². The smallest absolute Gasteiger partial charge is 0.336 e. The average molecular weight is 515 g/mol. The molecule has 0 aliphatic rings. The van der Waals surface area contributed by atoms with Gasteiger partial charge in [0.25, 0.3) is 0 Å². The van der Waals surface area contributed by atoms with E-state index in [1.807, 2.05) is 42.5 Å². The van der Waals surface area contributed by atoms with Crippen molar-refractivity contribution >= 4 is 28.0 Å². The van der Waals surface area contributed by atoms with Crippen LogP contribution in [0.25, 0.3) is 44.6 Å². The summed E-state index contributed by atoms with van der Waals surface area (Å²) in [6, 6.07) is 25.7. The Bertz CT molecular complexity index is 1840. The number of aryl methyl sites for hydroxylation is 3. The first-order valence-corrected chi connectivity index (χ1v) is 13.3. The zero-order valence-electron chi connectivity index (χ0n) is 22.3. The van der Waals surface area contributed by atoms with E-state index in [1.165, 1.54) is 5.56 Å². The Hall–Kier alpha value is -4.71. The number of imidazole rings is 2. The fourth-order valence-corrected chi connectivity index (χ4v) is 5.50. The molecule has 0 fully saturated rings. The van der Waals surface area contributed by atoms with Crippen LogP contribution in [0.4, 0.5) is 0 Å². The molecule has 2 N–H and O–H groups in total. The first-order chi connectivity index (χ1) is 18.9. The zero-order chi connectivity index (χ0) is 27.1. The first-order valence-electron chi connectivity index (χ1n) is 13.3. The maximum atomic E-state index is 11.7. The molecule has 0 radical (unpaired) electrons. The molecule has 0 bridgehead atoms. The minimum atomic E-state index is -0.924. The van der Waals surface area contributed by atoms with Crippen molar-refractivity contribution in [2.45, 2.75) is 33.1 Å². The van der Waals surface area contributed by atoms with Crippen LogP contribution in [0, 0.1) is 6.92 Å². The molecular weight excluding hydrogens is 484 g/mol. The SMILES string of the molecule is CCCc1nc2c(C)c(Cc3ccc(-c4ccccc4C(=O)O)cc3)c(-c3nc4ccccc4n3C)cc2[nH]1. The van der Waals surface area contributed by atoms with Crippen LogP contribution in [-0.4, -0.2) is 30.6 Å². The third-order valence-electron chi connectivity index (χ3n) is 7.52. The number of para-hydroxylation sites is 2. The number of hydrogen-bond acceptors (Lipinski definition) is 3. The normalized spacial score (nSPS) is 11.5. The van der Waals surface area contributed by atoms with Crippen LogP contribution in [-0.2, 0) is 19.9 Å². The second-order valence-electron chi connectivity index (χ2n) is 10.1.